The van der Waals surface area contributed by atoms with Gasteiger partial charge in [0.05, 0.1) is 0 Å². The third-order valence-electron chi connectivity index (χ3n) is 4.17. The zero-order chi connectivity index (χ0) is 18.7. The molecule has 6 heteroatoms. The van der Waals surface area contributed by atoms with Gasteiger partial charge in [-0.15, -0.1) is 11.3 Å². The van der Waals surface area contributed by atoms with E-state index < -0.39 is 5.97 Å². The number of carboxylic acid groups (broad SMARTS) is 1. The van der Waals surface area contributed by atoms with Crippen LogP contribution in [0.3, 0.4) is 0 Å². The van der Waals surface area contributed by atoms with Crippen LogP contribution >= 0.6 is 11.3 Å². The maximum Gasteiger partial charge on any atom is 0.350 e. The average Bonchev–Trinajstić information content (AvgIpc) is 3.10. The van der Waals surface area contributed by atoms with Gasteiger partial charge < -0.3 is 9.94 Å². The van der Waals surface area contributed by atoms with Crippen molar-refractivity contribution in [1.82, 2.24) is 0 Å². The molecular weight excluding hydrogens is 353 g/mol. The topological polar surface area (TPSA) is 58.9 Å². The van der Waals surface area contributed by atoms with Crippen molar-refractivity contribution in [1.29, 1.82) is 0 Å². The molecule has 1 aliphatic rings. The lowest BCUT2D eigenvalue weighted by Gasteiger charge is -2.05. The van der Waals surface area contributed by atoms with Crippen LogP contribution < -0.4 is 0 Å². The molecule has 0 unspecified atom stereocenters. The Hall–Kier alpha value is -2.73. The van der Waals surface area contributed by atoms with Gasteiger partial charge in [0, 0.05) is 11.3 Å². The zero-order valence-corrected chi connectivity index (χ0v) is 15.3. The number of hydrogen-bond acceptors (Lipinski definition) is 4. The van der Waals surface area contributed by atoms with E-state index in [-0.39, 0.29) is 12.4 Å². The van der Waals surface area contributed by atoms with E-state index in [9.17, 15) is 9.18 Å². The number of thiophene rings is 1. The van der Waals surface area contributed by atoms with E-state index in [4.69, 9.17) is 9.94 Å². The van der Waals surface area contributed by atoms with E-state index in [1.54, 1.807) is 17.4 Å². The van der Waals surface area contributed by atoms with E-state index in [0.717, 1.165) is 32.7 Å². The number of oxime groups is 1. The quantitative estimate of drug-likeness (QED) is 0.442. The normalized spacial score (nSPS) is 15.1. The number of nitrogens with zero attached hydrogens (tertiary/aromatic N) is 1. The number of aliphatic carboxylic acids is 1. The monoisotopic (exact) mass is 371 g/mol. The molecule has 0 radical (unpaired) electrons. The summed E-state index contributed by atoms with van der Waals surface area (Å²) in [6, 6.07) is 6.93. The highest BCUT2D eigenvalue weighted by Crippen LogP contribution is 2.44. The molecule has 0 bridgehead atoms. The number of benzene rings is 1. The van der Waals surface area contributed by atoms with E-state index in [1.165, 1.54) is 17.7 Å². The summed E-state index contributed by atoms with van der Waals surface area (Å²) in [7, 11) is 0. The van der Waals surface area contributed by atoms with E-state index in [1.807, 2.05) is 6.92 Å². The first-order valence-corrected chi connectivity index (χ1v) is 8.99. The lowest BCUT2D eigenvalue weighted by molar-refractivity contribution is -0.129. The molecule has 2 aromatic rings. The van der Waals surface area contributed by atoms with Crippen LogP contribution in [-0.2, 0) is 9.63 Å². The van der Waals surface area contributed by atoms with Crippen LogP contribution in [0.1, 0.15) is 34.9 Å². The van der Waals surface area contributed by atoms with Crippen molar-refractivity contribution >= 4 is 40.7 Å². The molecule has 0 amide bonds. The molecule has 26 heavy (non-hydrogen) atoms. The number of aryl methyl sites for hydroxylation is 1. The van der Waals surface area contributed by atoms with Gasteiger partial charge in [0.2, 0.25) is 0 Å². The van der Waals surface area contributed by atoms with E-state index >= 15 is 0 Å². The summed E-state index contributed by atoms with van der Waals surface area (Å²) < 4.78 is 13.8. The molecule has 1 aromatic carbocycles. The minimum Gasteiger partial charge on any atom is -0.477 e. The van der Waals surface area contributed by atoms with Crippen LogP contribution in [-0.4, -0.2) is 23.9 Å². The Labute approximate surface area is 154 Å². The summed E-state index contributed by atoms with van der Waals surface area (Å²) in [6.07, 6.45) is 3.34. The summed E-state index contributed by atoms with van der Waals surface area (Å²) in [4.78, 5) is 16.6. The van der Waals surface area contributed by atoms with Gasteiger partial charge in [-0.3, -0.25) is 0 Å². The molecule has 1 N–H and O–H groups in total. The fourth-order valence-corrected chi connectivity index (χ4v) is 3.86. The fourth-order valence-electron chi connectivity index (χ4n) is 3.03. The van der Waals surface area contributed by atoms with Crippen LogP contribution in [0.15, 0.2) is 40.4 Å². The lowest BCUT2D eigenvalue weighted by atomic mass is 10.0. The zero-order valence-electron chi connectivity index (χ0n) is 14.5. The number of halogens is 1. The molecule has 0 atom stereocenters. The van der Waals surface area contributed by atoms with Crippen LogP contribution in [0.25, 0.3) is 17.2 Å². The van der Waals surface area contributed by atoms with Crippen LogP contribution in [0.4, 0.5) is 4.39 Å². The Morgan fingerprint density at radius 2 is 2.12 bits per heavy atom. The molecule has 134 valence electrons. The van der Waals surface area contributed by atoms with Crippen LogP contribution in [0.2, 0.25) is 0 Å². The smallest absolute Gasteiger partial charge is 0.350 e. The van der Waals surface area contributed by atoms with Crippen molar-refractivity contribution in [3.63, 3.8) is 0 Å². The molecular formula is C20H18FNO3S. The molecule has 0 aliphatic heterocycles. The molecule has 4 nitrogen and oxygen atoms in total. The molecule has 1 heterocycles. The number of fused-ring (bicyclic) bond motifs is 1. The van der Waals surface area contributed by atoms with Crippen molar-refractivity contribution in [3.05, 3.63) is 62.6 Å². The van der Waals surface area contributed by atoms with Crippen LogP contribution in [0.5, 0.6) is 0 Å². The Bertz CT molecular complexity index is 940. The van der Waals surface area contributed by atoms with Gasteiger partial charge in [0.15, 0.2) is 6.21 Å². The summed E-state index contributed by atoms with van der Waals surface area (Å²) >= 11 is 1.67. The number of rotatable bonds is 6. The molecule has 0 saturated heterocycles. The molecule has 3 rings (SSSR count). The number of allylic oxidation sites excluding steroid dienone is 2. The van der Waals surface area contributed by atoms with Gasteiger partial charge in [0.1, 0.15) is 12.4 Å². The minimum absolute atomic E-state index is 0.220. The van der Waals surface area contributed by atoms with Crippen molar-refractivity contribution in [3.8, 4) is 0 Å². The third-order valence-corrected chi connectivity index (χ3v) is 5.17. The van der Waals surface area contributed by atoms with Gasteiger partial charge in [-0.05, 0) is 76.9 Å². The molecule has 0 saturated carbocycles. The maximum atomic E-state index is 13.8. The summed E-state index contributed by atoms with van der Waals surface area (Å²) in [5.74, 6) is -1.45. The van der Waals surface area contributed by atoms with Crippen molar-refractivity contribution in [2.24, 2.45) is 5.16 Å². The van der Waals surface area contributed by atoms with Gasteiger partial charge in [0.25, 0.3) is 0 Å². The first-order chi connectivity index (χ1) is 12.5. The highest BCUT2D eigenvalue weighted by molar-refractivity contribution is 7.11. The molecule has 0 spiro atoms. The SMILES string of the molecule is CC1=C(CCON=CC(=O)O)c2cc(F)ccc2C1=Cc1cc(C)cs1. The predicted octanol–water partition coefficient (Wildman–Crippen LogP) is 5.00. The first kappa shape index (κ1) is 18.1. The van der Waals surface area contributed by atoms with Crippen LogP contribution in [0, 0.1) is 12.7 Å². The van der Waals surface area contributed by atoms with Gasteiger partial charge >= 0.3 is 5.97 Å². The summed E-state index contributed by atoms with van der Waals surface area (Å²) in [6.45, 7) is 4.29. The Balaban J connectivity index is 1.90. The largest absolute Gasteiger partial charge is 0.477 e. The number of carbonyl (C=O) groups is 1. The Morgan fingerprint density at radius 1 is 1.31 bits per heavy atom. The standard InChI is InChI=1S/C20H18FNO3S/c1-12-7-15(26-11-12)9-18-13(2)16(5-6-25-22-10-20(23)24)19-8-14(21)3-4-17(18)19/h3-4,7-11H,5-6H2,1-2H3,(H,23,24). The Morgan fingerprint density at radius 3 is 2.81 bits per heavy atom. The highest BCUT2D eigenvalue weighted by atomic mass is 32.1. The second-order valence-electron chi connectivity index (χ2n) is 6.03. The lowest BCUT2D eigenvalue weighted by Crippen LogP contribution is -1.97. The molecule has 0 fully saturated rings. The fraction of sp³-hybridized carbons (Fsp3) is 0.200. The molecule has 1 aliphatic carbocycles. The summed E-state index contributed by atoms with van der Waals surface area (Å²) in [5.41, 5.74) is 6.20. The Kier molecular flexibility index (Phi) is 5.32. The van der Waals surface area contributed by atoms with E-state index in [2.05, 4.69) is 29.6 Å². The third kappa shape index (κ3) is 3.91. The van der Waals surface area contributed by atoms with Crippen molar-refractivity contribution < 1.29 is 19.1 Å². The van der Waals surface area contributed by atoms with Crippen molar-refractivity contribution in [2.75, 3.05) is 6.61 Å². The van der Waals surface area contributed by atoms with Gasteiger partial charge in [-0.1, -0.05) is 11.2 Å². The summed E-state index contributed by atoms with van der Waals surface area (Å²) in [5, 5.41) is 14.0. The predicted molar refractivity (Wildman–Crippen MR) is 103 cm³/mol. The molecule has 1 aromatic heterocycles. The minimum atomic E-state index is -1.16. The second-order valence-corrected chi connectivity index (χ2v) is 6.98. The first-order valence-electron chi connectivity index (χ1n) is 8.11. The van der Waals surface area contributed by atoms with Gasteiger partial charge in [-0.25, -0.2) is 9.18 Å². The van der Waals surface area contributed by atoms with Crippen molar-refractivity contribution in [2.45, 2.75) is 20.3 Å². The van der Waals surface area contributed by atoms with E-state index in [0.29, 0.717) is 12.6 Å². The highest BCUT2D eigenvalue weighted by Gasteiger charge is 2.24. The average molecular weight is 371 g/mol. The van der Waals surface area contributed by atoms with Gasteiger partial charge in [-0.2, -0.15) is 0 Å². The number of carboxylic acids is 1. The maximum absolute atomic E-state index is 13.8. The second kappa shape index (κ2) is 7.66. The number of hydrogen-bond donors (Lipinski definition) is 1.